The zero-order valence-corrected chi connectivity index (χ0v) is 11.0. The highest BCUT2D eigenvalue weighted by Gasteiger charge is 2.28. The van der Waals surface area contributed by atoms with Gasteiger partial charge in [-0.15, -0.1) is 0 Å². The Morgan fingerprint density at radius 1 is 1.05 bits per heavy atom. The molecule has 0 saturated carbocycles. The molecule has 0 bridgehead atoms. The Hall–Kier alpha value is -2.33. The van der Waals surface area contributed by atoms with Crippen LogP contribution in [-0.4, -0.2) is 17.7 Å². The molecule has 1 saturated heterocycles. The number of hydrogen-bond acceptors (Lipinski definition) is 3. The number of nitrogens with one attached hydrogen (secondary N) is 1. The van der Waals surface area contributed by atoms with E-state index in [0.717, 1.165) is 11.1 Å². The van der Waals surface area contributed by atoms with E-state index in [0.29, 0.717) is 13.2 Å². The monoisotopic (exact) mass is 268 g/mol. The van der Waals surface area contributed by atoms with E-state index in [-0.39, 0.29) is 6.04 Å². The van der Waals surface area contributed by atoms with Crippen LogP contribution in [0.2, 0.25) is 0 Å². The van der Waals surface area contributed by atoms with Gasteiger partial charge >= 0.3 is 6.09 Å². The molecule has 1 aliphatic rings. The molecule has 2 aromatic carbocycles. The third-order valence-corrected chi connectivity index (χ3v) is 3.36. The van der Waals surface area contributed by atoms with E-state index in [1.165, 1.54) is 0 Å². The molecule has 1 atom stereocenters. The van der Waals surface area contributed by atoms with Crippen LogP contribution in [0, 0.1) is 0 Å². The number of hydrogen-bond donors (Lipinski definition) is 1. The molecule has 1 heterocycles. The van der Waals surface area contributed by atoms with Gasteiger partial charge in [-0.1, -0.05) is 60.7 Å². The summed E-state index contributed by atoms with van der Waals surface area (Å²) >= 11 is 0. The maximum atomic E-state index is 11.5. The first-order chi connectivity index (χ1) is 9.83. The minimum Gasteiger partial charge on any atom is -0.447 e. The number of nitrogens with zero attached hydrogens (tertiary/aromatic N) is 1. The second-order valence-electron chi connectivity index (χ2n) is 4.75. The summed E-state index contributed by atoms with van der Waals surface area (Å²) in [4.78, 5) is 11.5. The number of amides is 1. The zero-order chi connectivity index (χ0) is 13.8. The van der Waals surface area contributed by atoms with E-state index in [2.05, 4.69) is 5.43 Å². The Bertz CT molecular complexity index is 572. The first kappa shape index (κ1) is 12.7. The van der Waals surface area contributed by atoms with Crippen LogP contribution in [-0.2, 0) is 11.3 Å². The van der Waals surface area contributed by atoms with Crippen LogP contribution in [0.4, 0.5) is 4.79 Å². The molecule has 20 heavy (non-hydrogen) atoms. The fourth-order valence-electron chi connectivity index (χ4n) is 2.35. The van der Waals surface area contributed by atoms with Gasteiger partial charge in [-0.3, -0.25) is 5.43 Å². The van der Waals surface area contributed by atoms with E-state index >= 15 is 0 Å². The fourth-order valence-corrected chi connectivity index (χ4v) is 2.35. The van der Waals surface area contributed by atoms with Gasteiger partial charge in [-0.05, 0) is 11.1 Å². The van der Waals surface area contributed by atoms with Gasteiger partial charge in [0.15, 0.2) is 0 Å². The second-order valence-corrected chi connectivity index (χ2v) is 4.75. The number of carbonyl (C=O) groups excluding carboxylic acids is 1. The van der Waals surface area contributed by atoms with E-state index in [1.54, 1.807) is 0 Å². The van der Waals surface area contributed by atoms with Crippen molar-refractivity contribution in [3.05, 3.63) is 71.8 Å². The van der Waals surface area contributed by atoms with E-state index in [4.69, 9.17) is 4.74 Å². The second kappa shape index (κ2) is 5.75. The number of ether oxygens (including phenoxy) is 1. The van der Waals surface area contributed by atoms with Crippen LogP contribution in [0.15, 0.2) is 60.7 Å². The quantitative estimate of drug-likeness (QED) is 0.930. The number of benzene rings is 2. The van der Waals surface area contributed by atoms with Gasteiger partial charge in [0.2, 0.25) is 0 Å². The van der Waals surface area contributed by atoms with Gasteiger partial charge in [0.05, 0.1) is 6.04 Å². The third kappa shape index (κ3) is 2.81. The lowest BCUT2D eigenvalue weighted by atomic mass is 10.1. The summed E-state index contributed by atoms with van der Waals surface area (Å²) in [7, 11) is 0. The lowest BCUT2D eigenvalue weighted by Crippen LogP contribution is -2.50. The van der Waals surface area contributed by atoms with Crippen molar-refractivity contribution in [2.24, 2.45) is 0 Å². The van der Waals surface area contributed by atoms with Crippen LogP contribution in [0.5, 0.6) is 0 Å². The lowest BCUT2D eigenvalue weighted by molar-refractivity contribution is 0.00203. The Balaban J connectivity index is 1.82. The molecule has 0 radical (unpaired) electrons. The van der Waals surface area contributed by atoms with Gasteiger partial charge in [0.25, 0.3) is 0 Å². The molecular formula is C16H16N2O2. The molecule has 0 unspecified atom stereocenters. The molecule has 4 heteroatoms. The van der Waals surface area contributed by atoms with Crippen molar-refractivity contribution in [3.63, 3.8) is 0 Å². The highest BCUT2D eigenvalue weighted by molar-refractivity contribution is 5.67. The first-order valence-corrected chi connectivity index (χ1v) is 6.62. The van der Waals surface area contributed by atoms with E-state index < -0.39 is 6.09 Å². The van der Waals surface area contributed by atoms with Crippen molar-refractivity contribution in [2.45, 2.75) is 12.6 Å². The van der Waals surface area contributed by atoms with Crippen molar-refractivity contribution in [1.82, 2.24) is 10.4 Å². The molecule has 1 fully saturated rings. The molecule has 0 spiro atoms. The average molecular weight is 268 g/mol. The van der Waals surface area contributed by atoms with Gasteiger partial charge in [-0.2, -0.15) is 0 Å². The summed E-state index contributed by atoms with van der Waals surface area (Å²) < 4.78 is 5.12. The van der Waals surface area contributed by atoms with Crippen molar-refractivity contribution < 1.29 is 9.53 Å². The Morgan fingerprint density at radius 3 is 2.40 bits per heavy atom. The minimum absolute atomic E-state index is 0.0223. The summed E-state index contributed by atoms with van der Waals surface area (Å²) in [6, 6.07) is 20.1. The molecule has 102 valence electrons. The molecule has 1 aliphatic heterocycles. The van der Waals surface area contributed by atoms with Gasteiger partial charge in [-0.25, -0.2) is 9.80 Å². The number of hydrazine groups is 1. The number of cyclic esters (lactones) is 1. The van der Waals surface area contributed by atoms with Crippen LogP contribution in [0.25, 0.3) is 0 Å². The van der Waals surface area contributed by atoms with Gasteiger partial charge in [0.1, 0.15) is 6.61 Å². The largest absolute Gasteiger partial charge is 0.447 e. The maximum Gasteiger partial charge on any atom is 0.421 e. The van der Waals surface area contributed by atoms with Crippen molar-refractivity contribution >= 4 is 6.09 Å². The van der Waals surface area contributed by atoms with E-state index in [1.807, 2.05) is 65.7 Å². The average Bonchev–Trinajstić information content (AvgIpc) is 2.49. The molecule has 1 amide bonds. The SMILES string of the molecule is O=C1NN(Cc2ccccc2)[C@H](c2ccccc2)CO1. The number of carbonyl (C=O) groups is 1. The Labute approximate surface area is 117 Å². The smallest absolute Gasteiger partial charge is 0.421 e. The highest BCUT2D eigenvalue weighted by atomic mass is 16.6. The molecule has 0 aromatic heterocycles. The summed E-state index contributed by atoms with van der Waals surface area (Å²) in [6.45, 7) is 1.01. The Kier molecular flexibility index (Phi) is 3.65. The predicted octanol–water partition coefficient (Wildman–Crippen LogP) is 2.88. The molecular weight excluding hydrogens is 252 g/mol. The van der Waals surface area contributed by atoms with Crippen LogP contribution in [0.1, 0.15) is 17.2 Å². The summed E-state index contributed by atoms with van der Waals surface area (Å²) in [5.41, 5.74) is 5.06. The van der Waals surface area contributed by atoms with Crippen LogP contribution >= 0.6 is 0 Å². The topological polar surface area (TPSA) is 41.6 Å². The number of rotatable bonds is 3. The summed E-state index contributed by atoms with van der Waals surface area (Å²) in [6.07, 6.45) is -0.395. The predicted molar refractivity (Wildman–Crippen MR) is 75.7 cm³/mol. The van der Waals surface area contributed by atoms with Gasteiger partial charge < -0.3 is 4.74 Å². The maximum absolute atomic E-state index is 11.5. The third-order valence-electron chi connectivity index (χ3n) is 3.36. The van der Waals surface area contributed by atoms with Crippen molar-refractivity contribution in [1.29, 1.82) is 0 Å². The van der Waals surface area contributed by atoms with Crippen molar-refractivity contribution in [3.8, 4) is 0 Å². The van der Waals surface area contributed by atoms with Crippen molar-refractivity contribution in [2.75, 3.05) is 6.61 Å². The van der Waals surface area contributed by atoms with Gasteiger partial charge in [0, 0.05) is 6.54 Å². The van der Waals surface area contributed by atoms with Crippen LogP contribution in [0.3, 0.4) is 0 Å². The molecule has 1 N–H and O–H groups in total. The molecule has 0 aliphatic carbocycles. The normalized spacial score (nSPS) is 19.2. The molecule has 4 nitrogen and oxygen atoms in total. The fraction of sp³-hybridized carbons (Fsp3) is 0.188. The minimum atomic E-state index is -0.395. The molecule has 3 rings (SSSR count). The van der Waals surface area contributed by atoms with Crippen LogP contribution < -0.4 is 5.43 Å². The first-order valence-electron chi connectivity index (χ1n) is 6.62. The van der Waals surface area contributed by atoms with E-state index in [9.17, 15) is 4.79 Å². The lowest BCUT2D eigenvalue weighted by Gasteiger charge is -2.35. The summed E-state index contributed by atoms with van der Waals surface area (Å²) in [5, 5.41) is 1.93. The summed E-state index contributed by atoms with van der Waals surface area (Å²) in [5.74, 6) is 0. The zero-order valence-electron chi connectivity index (χ0n) is 11.0. The standard InChI is InChI=1S/C16H16N2O2/c19-16-17-18(11-13-7-3-1-4-8-13)15(12-20-16)14-9-5-2-6-10-14/h1-10,15H,11-12H2,(H,17,19)/t15-/m0/s1. The Morgan fingerprint density at radius 2 is 1.70 bits per heavy atom. The highest BCUT2D eigenvalue weighted by Crippen LogP contribution is 2.24. The molecule has 2 aromatic rings.